The van der Waals surface area contributed by atoms with Crippen LogP contribution in [0, 0.1) is 0 Å². The molecule has 17 heavy (non-hydrogen) atoms. The molecule has 1 atom stereocenters. The molecule has 0 aromatic carbocycles. The van der Waals surface area contributed by atoms with Crippen molar-refractivity contribution in [3.05, 3.63) is 0 Å². The molecular formula is C13H25N3S. The topological polar surface area (TPSA) is 27.3 Å². The lowest BCUT2D eigenvalue weighted by Crippen LogP contribution is -2.46. The highest BCUT2D eigenvalue weighted by Gasteiger charge is 2.23. The van der Waals surface area contributed by atoms with Crippen LogP contribution in [0.3, 0.4) is 0 Å². The standard InChI is InChI=1S/C13H25N3S/c1-2-16-9-5-8-12(16)10-14-13(17)15-11-6-3-4-7-11/h11-12H,2-10H2,1H3,(H2,14,15,17). The summed E-state index contributed by atoms with van der Waals surface area (Å²) in [6.45, 7) is 5.67. The van der Waals surface area contributed by atoms with Gasteiger partial charge in [0.05, 0.1) is 0 Å². The Morgan fingerprint density at radius 1 is 1.24 bits per heavy atom. The first kappa shape index (κ1) is 13.1. The van der Waals surface area contributed by atoms with Crippen LogP contribution < -0.4 is 10.6 Å². The van der Waals surface area contributed by atoms with Gasteiger partial charge in [-0.2, -0.15) is 0 Å². The van der Waals surface area contributed by atoms with Crippen LogP contribution in [0.2, 0.25) is 0 Å². The Morgan fingerprint density at radius 3 is 2.71 bits per heavy atom. The third-order valence-electron chi connectivity index (χ3n) is 4.09. The van der Waals surface area contributed by atoms with E-state index in [4.69, 9.17) is 12.2 Å². The molecular weight excluding hydrogens is 230 g/mol. The van der Waals surface area contributed by atoms with Crippen LogP contribution in [0.25, 0.3) is 0 Å². The average molecular weight is 255 g/mol. The lowest BCUT2D eigenvalue weighted by molar-refractivity contribution is 0.267. The number of likely N-dealkylation sites (tertiary alicyclic amines) is 1. The molecule has 0 bridgehead atoms. The van der Waals surface area contributed by atoms with Gasteiger partial charge in [0.2, 0.25) is 0 Å². The van der Waals surface area contributed by atoms with Crippen molar-refractivity contribution in [1.29, 1.82) is 0 Å². The van der Waals surface area contributed by atoms with Crippen molar-refractivity contribution in [2.24, 2.45) is 0 Å². The molecule has 2 fully saturated rings. The van der Waals surface area contributed by atoms with Gasteiger partial charge in [0, 0.05) is 18.6 Å². The Bertz CT molecular complexity index is 251. The molecule has 0 amide bonds. The Labute approximate surface area is 110 Å². The molecule has 1 unspecified atom stereocenters. The van der Waals surface area contributed by atoms with Crippen LogP contribution in [0.5, 0.6) is 0 Å². The number of hydrogen-bond donors (Lipinski definition) is 2. The van der Waals surface area contributed by atoms with Crippen LogP contribution in [0.15, 0.2) is 0 Å². The number of nitrogens with zero attached hydrogens (tertiary/aromatic N) is 1. The number of nitrogens with one attached hydrogen (secondary N) is 2. The number of hydrogen-bond acceptors (Lipinski definition) is 2. The van der Waals surface area contributed by atoms with E-state index in [1.165, 1.54) is 45.1 Å². The van der Waals surface area contributed by atoms with E-state index in [1.807, 2.05) is 0 Å². The van der Waals surface area contributed by atoms with E-state index < -0.39 is 0 Å². The largest absolute Gasteiger partial charge is 0.361 e. The van der Waals surface area contributed by atoms with E-state index in [-0.39, 0.29) is 0 Å². The Morgan fingerprint density at radius 2 is 2.00 bits per heavy atom. The van der Waals surface area contributed by atoms with Gasteiger partial charge in [-0.3, -0.25) is 4.90 Å². The smallest absolute Gasteiger partial charge is 0.166 e. The second kappa shape index (κ2) is 6.55. The zero-order valence-corrected chi connectivity index (χ0v) is 11.7. The van der Waals surface area contributed by atoms with Crippen LogP contribution in [0.1, 0.15) is 45.4 Å². The highest BCUT2D eigenvalue weighted by molar-refractivity contribution is 7.80. The van der Waals surface area contributed by atoms with Crippen molar-refractivity contribution in [3.8, 4) is 0 Å². The first-order valence-corrected chi connectivity index (χ1v) is 7.49. The minimum atomic E-state index is 0.626. The lowest BCUT2D eigenvalue weighted by Gasteiger charge is -2.24. The number of rotatable bonds is 4. The summed E-state index contributed by atoms with van der Waals surface area (Å²) in [5.74, 6) is 0. The summed E-state index contributed by atoms with van der Waals surface area (Å²) in [4.78, 5) is 2.55. The minimum Gasteiger partial charge on any atom is -0.361 e. The van der Waals surface area contributed by atoms with Gasteiger partial charge in [-0.1, -0.05) is 19.8 Å². The van der Waals surface area contributed by atoms with Crippen LogP contribution in [-0.4, -0.2) is 41.7 Å². The van der Waals surface area contributed by atoms with Gasteiger partial charge in [-0.05, 0) is 51.0 Å². The molecule has 1 aliphatic carbocycles. The molecule has 1 saturated heterocycles. The second-order valence-corrected chi connectivity index (χ2v) is 5.67. The van der Waals surface area contributed by atoms with E-state index in [0.717, 1.165) is 18.2 Å². The van der Waals surface area contributed by atoms with Gasteiger partial charge in [0.25, 0.3) is 0 Å². The molecule has 2 N–H and O–H groups in total. The molecule has 0 spiro atoms. The predicted molar refractivity (Wildman–Crippen MR) is 76.3 cm³/mol. The van der Waals surface area contributed by atoms with Crippen molar-refractivity contribution < 1.29 is 0 Å². The third-order valence-corrected chi connectivity index (χ3v) is 4.36. The van der Waals surface area contributed by atoms with E-state index >= 15 is 0 Å². The summed E-state index contributed by atoms with van der Waals surface area (Å²) in [5.41, 5.74) is 0. The molecule has 1 aliphatic heterocycles. The van der Waals surface area contributed by atoms with Crippen LogP contribution in [-0.2, 0) is 0 Å². The summed E-state index contributed by atoms with van der Waals surface area (Å²) >= 11 is 5.36. The molecule has 1 heterocycles. The van der Waals surface area contributed by atoms with E-state index in [2.05, 4.69) is 22.5 Å². The monoisotopic (exact) mass is 255 g/mol. The maximum atomic E-state index is 5.36. The van der Waals surface area contributed by atoms with Crippen molar-refractivity contribution >= 4 is 17.3 Å². The van der Waals surface area contributed by atoms with Crippen molar-refractivity contribution in [2.45, 2.75) is 57.5 Å². The minimum absolute atomic E-state index is 0.626. The van der Waals surface area contributed by atoms with Gasteiger partial charge in [-0.25, -0.2) is 0 Å². The summed E-state index contributed by atoms with van der Waals surface area (Å²) in [6.07, 6.45) is 7.92. The Hall–Kier alpha value is -0.350. The third kappa shape index (κ3) is 3.81. The normalized spacial score (nSPS) is 26.3. The van der Waals surface area contributed by atoms with Crippen molar-refractivity contribution in [1.82, 2.24) is 15.5 Å². The first-order valence-electron chi connectivity index (χ1n) is 7.08. The maximum Gasteiger partial charge on any atom is 0.166 e. The summed E-state index contributed by atoms with van der Waals surface area (Å²) in [6, 6.07) is 1.31. The molecule has 0 aromatic rings. The maximum absolute atomic E-state index is 5.36. The van der Waals surface area contributed by atoms with Crippen molar-refractivity contribution in [3.63, 3.8) is 0 Å². The molecule has 3 nitrogen and oxygen atoms in total. The molecule has 2 aliphatic rings. The summed E-state index contributed by atoms with van der Waals surface area (Å²) in [7, 11) is 0. The first-order chi connectivity index (χ1) is 8.29. The zero-order chi connectivity index (χ0) is 12.1. The highest BCUT2D eigenvalue weighted by atomic mass is 32.1. The van der Waals surface area contributed by atoms with E-state index in [9.17, 15) is 0 Å². The van der Waals surface area contributed by atoms with Gasteiger partial charge in [-0.15, -0.1) is 0 Å². The van der Waals surface area contributed by atoms with Crippen LogP contribution in [0.4, 0.5) is 0 Å². The Balaban J connectivity index is 1.65. The SMILES string of the molecule is CCN1CCCC1CNC(=S)NC1CCCC1. The van der Waals surface area contributed by atoms with Gasteiger partial charge in [0.15, 0.2) is 5.11 Å². The molecule has 1 saturated carbocycles. The quantitative estimate of drug-likeness (QED) is 0.750. The fourth-order valence-corrected chi connectivity index (χ4v) is 3.31. The van der Waals surface area contributed by atoms with E-state index in [1.54, 1.807) is 0 Å². The lowest BCUT2D eigenvalue weighted by atomic mass is 10.2. The number of thiocarbonyl (C=S) groups is 1. The fraction of sp³-hybridized carbons (Fsp3) is 0.923. The predicted octanol–water partition coefficient (Wildman–Crippen LogP) is 1.88. The van der Waals surface area contributed by atoms with E-state index in [0.29, 0.717) is 12.1 Å². The Kier molecular flexibility index (Phi) is 5.04. The molecule has 2 rings (SSSR count). The summed E-state index contributed by atoms with van der Waals surface area (Å²) < 4.78 is 0. The highest BCUT2D eigenvalue weighted by Crippen LogP contribution is 2.18. The fourth-order valence-electron chi connectivity index (χ4n) is 3.06. The van der Waals surface area contributed by atoms with Crippen LogP contribution >= 0.6 is 12.2 Å². The van der Waals surface area contributed by atoms with Gasteiger partial charge in [0.1, 0.15) is 0 Å². The molecule has 4 heteroatoms. The second-order valence-electron chi connectivity index (χ2n) is 5.26. The van der Waals surface area contributed by atoms with Gasteiger partial charge < -0.3 is 10.6 Å². The zero-order valence-electron chi connectivity index (χ0n) is 10.9. The molecule has 98 valence electrons. The molecule has 0 radical (unpaired) electrons. The van der Waals surface area contributed by atoms with Crippen molar-refractivity contribution in [2.75, 3.05) is 19.6 Å². The average Bonchev–Trinajstić information content (AvgIpc) is 2.96. The molecule has 0 aromatic heterocycles. The van der Waals surface area contributed by atoms with Gasteiger partial charge >= 0.3 is 0 Å². The summed E-state index contributed by atoms with van der Waals surface area (Å²) in [5, 5.41) is 7.69. The number of likely N-dealkylation sites (N-methyl/N-ethyl adjacent to an activating group) is 1.